The van der Waals surface area contributed by atoms with Crippen molar-refractivity contribution < 1.29 is 28.9 Å². The maximum atomic E-state index is 13.9. The van der Waals surface area contributed by atoms with E-state index in [9.17, 15) is 14.7 Å². The molecule has 13 heteroatoms. The summed E-state index contributed by atoms with van der Waals surface area (Å²) in [5.74, 6) is -0.197. The van der Waals surface area contributed by atoms with Gasteiger partial charge in [0, 0.05) is 21.4 Å². The third-order valence-corrected chi connectivity index (χ3v) is 11.6. The van der Waals surface area contributed by atoms with E-state index in [0.717, 1.165) is 33.6 Å². The van der Waals surface area contributed by atoms with Crippen LogP contribution in [0.15, 0.2) is 125 Å². The number of aliphatic hydroxyl groups is 1. The monoisotopic (exact) mass is 809 g/mol. The summed E-state index contributed by atoms with van der Waals surface area (Å²) >= 11 is 15.0. The lowest BCUT2D eigenvalue weighted by Crippen LogP contribution is -2.29. The van der Waals surface area contributed by atoms with E-state index in [1.165, 1.54) is 23.8 Å². The topological polar surface area (TPSA) is 111 Å². The number of halogens is 2. The normalized spacial score (nSPS) is 15.0. The van der Waals surface area contributed by atoms with Crippen molar-refractivity contribution in [1.82, 2.24) is 10.2 Å². The van der Waals surface area contributed by atoms with Crippen molar-refractivity contribution in [2.24, 2.45) is 0 Å². The van der Waals surface area contributed by atoms with Gasteiger partial charge in [-0.3, -0.25) is 14.5 Å². The molecule has 0 bridgehead atoms. The quantitative estimate of drug-likeness (QED) is 0.0401. The molecule has 1 saturated heterocycles. The number of anilines is 1. The minimum absolute atomic E-state index is 0.115. The highest BCUT2D eigenvalue weighted by atomic mass is 35.5. The highest BCUT2D eigenvalue weighted by molar-refractivity contribution is 8.00. The molecule has 0 aliphatic carbocycles. The Bertz CT molecular complexity index is 2390. The number of nitrogens with zero attached hydrogens (tertiary/aromatic N) is 3. The molecule has 1 N–H and O–H groups in total. The van der Waals surface area contributed by atoms with Crippen molar-refractivity contribution in [1.29, 1.82) is 0 Å². The molecule has 1 unspecified atom stereocenters. The first kappa shape index (κ1) is 38.0. The lowest BCUT2D eigenvalue weighted by atomic mass is 9.95. The zero-order valence-electron chi connectivity index (χ0n) is 29.6. The maximum absolute atomic E-state index is 13.9. The molecule has 0 saturated carbocycles. The molecule has 278 valence electrons. The van der Waals surface area contributed by atoms with Gasteiger partial charge in [0.2, 0.25) is 5.13 Å². The first-order chi connectivity index (χ1) is 26.7. The molecule has 7 rings (SSSR count). The molecule has 0 radical (unpaired) electrons. The van der Waals surface area contributed by atoms with Crippen LogP contribution in [0, 0.1) is 6.92 Å². The largest absolute Gasteiger partial charge is 0.507 e. The Labute approximate surface area is 336 Å². The summed E-state index contributed by atoms with van der Waals surface area (Å²) in [7, 11) is 1.51. The Kier molecular flexibility index (Phi) is 11.7. The van der Waals surface area contributed by atoms with E-state index in [1.807, 2.05) is 67.6 Å². The van der Waals surface area contributed by atoms with Crippen LogP contribution < -0.4 is 19.1 Å². The Morgan fingerprint density at radius 2 is 1.60 bits per heavy atom. The van der Waals surface area contributed by atoms with Crippen LogP contribution in [0.5, 0.6) is 17.2 Å². The number of aromatic nitrogens is 2. The third-order valence-electron chi connectivity index (χ3n) is 8.94. The fraction of sp³-hybridized carbons (Fsp3) is 0.143. The molecule has 1 aromatic heterocycles. The highest BCUT2D eigenvalue weighted by Gasteiger charge is 2.48. The highest BCUT2D eigenvalue weighted by Crippen LogP contribution is 2.46. The second-order valence-corrected chi connectivity index (χ2v) is 15.5. The van der Waals surface area contributed by atoms with Gasteiger partial charge in [0.15, 0.2) is 15.8 Å². The lowest BCUT2D eigenvalue weighted by molar-refractivity contribution is -0.132. The summed E-state index contributed by atoms with van der Waals surface area (Å²) in [6, 6.07) is 33.7. The van der Waals surface area contributed by atoms with Gasteiger partial charge in [-0.2, -0.15) is 0 Å². The van der Waals surface area contributed by atoms with Crippen molar-refractivity contribution in [3.63, 3.8) is 0 Å². The van der Waals surface area contributed by atoms with E-state index >= 15 is 0 Å². The van der Waals surface area contributed by atoms with E-state index in [-0.39, 0.29) is 16.5 Å². The summed E-state index contributed by atoms with van der Waals surface area (Å²) < 4.78 is 18.4. The Hall–Kier alpha value is -5.33. The second kappa shape index (κ2) is 17.0. The molecule has 1 amide bonds. The van der Waals surface area contributed by atoms with Crippen LogP contribution in [-0.2, 0) is 28.6 Å². The molecular weight excluding hydrogens is 778 g/mol. The number of hydrogen-bond donors (Lipinski definition) is 1. The van der Waals surface area contributed by atoms with Crippen LogP contribution in [0.2, 0.25) is 10.0 Å². The zero-order chi connectivity index (χ0) is 38.5. The predicted octanol–water partition coefficient (Wildman–Crippen LogP) is 10.2. The number of aliphatic hydroxyl groups excluding tert-OH is 1. The molecule has 0 spiro atoms. The Balaban J connectivity index is 1.22. The molecule has 55 heavy (non-hydrogen) atoms. The number of methoxy groups -OCH3 is 1. The van der Waals surface area contributed by atoms with Gasteiger partial charge in [0.1, 0.15) is 24.7 Å². The van der Waals surface area contributed by atoms with Gasteiger partial charge in [-0.25, -0.2) is 0 Å². The average Bonchev–Trinajstić information content (AvgIpc) is 3.77. The summed E-state index contributed by atoms with van der Waals surface area (Å²) in [5.41, 5.74) is 4.68. The summed E-state index contributed by atoms with van der Waals surface area (Å²) in [6.07, 6.45) is 0. The van der Waals surface area contributed by atoms with Gasteiger partial charge in [0.25, 0.3) is 5.78 Å². The molecule has 2 heterocycles. The molecular formula is C42H33Cl2N3O6S2. The number of amides is 1. The fourth-order valence-corrected chi connectivity index (χ4v) is 8.41. The number of ketones is 1. The SMILES string of the molecule is COc1cc(C2/C(=C(\O)c3ccc(OCc4ccccc4C)cc3)C(=O)C(=O)N2c2nnc(SCc3ccc(Cl)cc3Cl)s2)ccc1OCc1ccccc1. The smallest absolute Gasteiger partial charge is 0.301 e. The number of carbonyl (C=O) groups is 2. The van der Waals surface area contributed by atoms with Crippen LogP contribution in [-0.4, -0.2) is 34.1 Å². The molecule has 1 aliphatic heterocycles. The number of rotatable bonds is 13. The first-order valence-electron chi connectivity index (χ1n) is 17.0. The standard InChI is InChI=1S/C42H33Cl2N3O6S2/c1-25-8-6-7-11-29(25)23-52-32-17-13-27(14-18-32)38(48)36-37(28-15-19-34(35(20-28)51-2)53-22-26-9-4-3-5-10-26)47(40(50)39(36)49)41-45-46-42(55-41)54-24-30-12-16-31(43)21-33(30)44/h3-21,37,48H,22-24H2,1-2H3/b38-36+. The van der Waals surface area contributed by atoms with E-state index in [2.05, 4.69) is 10.2 Å². The molecule has 1 aliphatic rings. The van der Waals surface area contributed by atoms with Gasteiger partial charge in [-0.15, -0.1) is 10.2 Å². The van der Waals surface area contributed by atoms with E-state index in [1.54, 1.807) is 54.6 Å². The van der Waals surface area contributed by atoms with Crippen LogP contribution >= 0.6 is 46.3 Å². The number of thioether (sulfide) groups is 1. The Morgan fingerprint density at radius 1 is 0.836 bits per heavy atom. The van der Waals surface area contributed by atoms with Gasteiger partial charge >= 0.3 is 5.91 Å². The van der Waals surface area contributed by atoms with Crippen molar-refractivity contribution in [2.75, 3.05) is 12.0 Å². The van der Waals surface area contributed by atoms with Crippen molar-refractivity contribution in [2.45, 2.75) is 36.3 Å². The molecule has 6 aromatic rings. The van der Waals surface area contributed by atoms with Crippen molar-refractivity contribution >= 4 is 68.9 Å². The van der Waals surface area contributed by atoms with Crippen LogP contribution in [0.1, 0.15) is 39.4 Å². The van der Waals surface area contributed by atoms with Gasteiger partial charge in [-0.05, 0) is 83.3 Å². The fourth-order valence-electron chi connectivity index (χ4n) is 5.99. The lowest BCUT2D eigenvalue weighted by Gasteiger charge is -2.23. The van der Waals surface area contributed by atoms with Crippen LogP contribution in [0.3, 0.4) is 0 Å². The number of benzene rings is 5. The van der Waals surface area contributed by atoms with Crippen molar-refractivity contribution in [3.05, 3.63) is 164 Å². The van der Waals surface area contributed by atoms with E-state index < -0.39 is 17.7 Å². The van der Waals surface area contributed by atoms with Crippen LogP contribution in [0.25, 0.3) is 5.76 Å². The van der Waals surface area contributed by atoms with Gasteiger partial charge in [0.05, 0.1) is 18.7 Å². The van der Waals surface area contributed by atoms with E-state index in [4.69, 9.17) is 37.4 Å². The molecule has 1 atom stereocenters. The van der Waals surface area contributed by atoms with Gasteiger partial charge in [-0.1, -0.05) is 113 Å². The number of aryl methyl sites for hydroxylation is 1. The molecule has 9 nitrogen and oxygen atoms in total. The summed E-state index contributed by atoms with van der Waals surface area (Å²) in [5, 5.41) is 21.7. The minimum Gasteiger partial charge on any atom is -0.507 e. The predicted molar refractivity (Wildman–Crippen MR) is 216 cm³/mol. The second-order valence-electron chi connectivity index (χ2n) is 12.5. The third kappa shape index (κ3) is 8.50. The molecule has 5 aromatic carbocycles. The number of ether oxygens (including phenoxy) is 3. The molecule has 1 fully saturated rings. The average molecular weight is 811 g/mol. The van der Waals surface area contributed by atoms with Gasteiger partial charge < -0.3 is 19.3 Å². The van der Waals surface area contributed by atoms with E-state index in [0.29, 0.717) is 61.7 Å². The zero-order valence-corrected chi connectivity index (χ0v) is 32.7. The number of hydrogen-bond acceptors (Lipinski definition) is 10. The van der Waals surface area contributed by atoms with Crippen molar-refractivity contribution in [3.8, 4) is 17.2 Å². The number of carbonyl (C=O) groups excluding carboxylic acids is 2. The summed E-state index contributed by atoms with van der Waals surface area (Å²) in [6.45, 7) is 2.68. The Morgan fingerprint density at radius 3 is 2.35 bits per heavy atom. The summed E-state index contributed by atoms with van der Waals surface area (Å²) in [4.78, 5) is 29.2. The number of Topliss-reactive ketones (excluding diaryl/α,β-unsaturated/α-hetero) is 1. The maximum Gasteiger partial charge on any atom is 0.301 e. The minimum atomic E-state index is -1.08. The van der Waals surface area contributed by atoms with Crippen LogP contribution in [0.4, 0.5) is 5.13 Å². The first-order valence-corrected chi connectivity index (χ1v) is 19.6.